The Bertz CT molecular complexity index is 2120. The Labute approximate surface area is 305 Å². The molecule has 6 aromatic carbocycles. The second-order valence-corrected chi connectivity index (χ2v) is 12.6. The van der Waals surface area contributed by atoms with Gasteiger partial charge in [-0.05, 0) is 123 Å². The summed E-state index contributed by atoms with van der Waals surface area (Å²) in [4.78, 5) is 0. The molecular formula is C46H42O6. The Balaban J connectivity index is 1.72. The molecule has 0 amide bonds. The average Bonchev–Trinajstić information content (AvgIpc) is 3.22. The largest absolute Gasteiger partial charge is 0.497 e. The molecule has 0 fully saturated rings. The van der Waals surface area contributed by atoms with E-state index >= 15 is 0 Å². The summed E-state index contributed by atoms with van der Waals surface area (Å²) in [6.07, 6.45) is 0. The van der Waals surface area contributed by atoms with Gasteiger partial charge in [-0.2, -0.15) is 0 Å². The number of rotatable bonds is 11. The van der Waals surface area contributed by atoms with E-state index in [0.29, 0.717) is 0 Å². The quantitative estimate of drug-likeness (QED) is 0.135. The van der Waals surface area contributed by atoms with Crippen LogP contribution in [0, 0.1) is 0 Å². The third-order valence-electron chi connectivity index (χ3n) is 10.2. The lowest BCUT2D eigenvalue weighted by molar-refractivity contribution is 0.410. The normalized spacial score (nSPS) is 14.6. The molecule has 1 aliphatic carbocycles. The zero-order valence-electron chi connectivity index (χ0n) is 30.3. The summed E-state index contributed by atoms with van der Waals surface area (Å²) in [5, 5.41) is 0. The van der Waals surface area contributed by atoms with Crippen molar-refractivity contribution < 1.29 is 28.4 Å². The van der Waals surface area contributed by atoms with Crippen molar-refractivity contribution >= 4 is 11.1 Å². The van der Waals surface area contributed by atoms with Gasteiger partial charge < -0.3 is 28.4 Å². The number of fused-ring (bicyclic) bond motifs is 1. The summed E-state index contributed by atoms with van der Waals surface area (Å²) in [5.41, 5.74) is 9.10. The van der Waals surface area contributed by atoms with Crippen LogP contribution in [-0.2, 0) is 5.41 Å². The molecule has 0 unspecified atom stereocenters. The third kappa shape index (κ3) is 5.90. The lowest BCUT2D eigenvalue weighted by Gasteiger charge is -2.49. The van der Waals surface area contributed by atoms with Crippen LogP contribution >= 0.6 is 0 Å². The molecule has 1 aliphatic rings. The molecule has 0 N–H and O–H groups in total. The van der Waals surface area contributed by atoms with E-state index in [1.165, 1.54) is 0 Å². The summed E-state index contributed by atoms with van der Waals surface area (Å²) in [7, 11) is 10.2. The van der Waals surface area contributed by atoms with Crippen LogP contribution in [0.2, 0.25) is 0 Å². The molecule has 0 aliphatic heterocycles. The van der Waals surface area contributed by atoms with Gasteiger partial charge in [0.15, 0.2) is 0 Å². The first-order valence-corrected chi connectivity index (χ1v) is 17.1. The fourth-order valence-electron chi connectivity index (χ4n) is 7.74. The Morgan fingerprint density at radius 1 is 0.385 bits per heavy atom. The number of benzene rings is 6. The molecule has 6 heteroatoms. The molecule has 0 saturated heterocycles. The number of ether oxygens (including phenoxy) is 6. The maximum Gasteiger partial charge on any atom is 0.119 e. The maximum atomic E-state index is 5.99. The average molecular weight is 691 g/mol. The van der Waals surface area contributed by atoms with Crippen LogP contribution < -0.4 is 28.4 Å². The fourth-order valence-corrected chi connectivity index (χ4v) is 7.74. The van der Waals surface area contributed by atoms with Crippen molar-refractivity contribution in [2.24, 2.45) is 0 Å². The van der Waals surface area contributed by atoms with Gasteiger partial charge in [0, 0.05) is 5.92 Å². The molecule has 7 rings (SSSR count). The number of methoxy groups -OCH3 is 6. The minimum absolute atomic E-state index is 0.273. The second-order valence-electron chi connectivity index (χ2n) is 12.6. The van der Waals surface area contributed by atoms with Gasteiger partial charge in [-0.15, -0.1) is 0 Å². The first-order chi connectivity index (χ1) is 25.5. The van der Waals surface area contributed by atoms with Crippen LogP contribution in [0.4, 0.5) is 0 Å². The van der Waals surface area contributed by atoms with Gasteiger partial charge >= 0.3 is 0 Å². The van der Waals surface area contributed by atoms with E-state index in [-0.39, 0.29) is 5.92 Å². The monoisotopic (exact) mass is 690 g/mol. The van der Waals surface area contributed by atoms with E-state index in [1.54, 1.807) is 42.7 Å². The molecule has 262 valence electrons. The second kappa shape index (κ2) is 14.6. The molecular weight excluding hydrogens is 649 g/mol. The first kappa shape index (κ1) is 34.3. The van der Waals surface area contributed by atoms with Gasteiger partial charge in [-0.25, -0.2) is 0 Å². The van der Waals surface area contributed by atoms with E-state index in [2.05, 4.69) is 78.9 Å². The van der Waals surface area contributed by atoms with Gasteiger partial charge in [-0.3, -0.25) is 0 Å². The Morgan fingerprint density at radius 3 is 1.17 bits per heavy atom. The molecule has 0 heterocycles. The number of hydrogen-bond acceptors (Lipinski definition) is 6. The molecule has 0 radical (unpaired) electrons. The van der Waals surface area contributed by atoms with E-state index in [1.807, 2.05) is 60.7 Å². The standard InChI is InChI=1S/C46H42O6/c1-47-35-17-7-30(8-18-35)43-41-28-27-40(52-6)29-42(41)46(33-13-23-38(50-4)24-14-33,34-15-25-39(51-5)26-16-34)45(32-11-21-37(49-3)22-12-32)44(43)31-9-19-36(48-2)20-10-31/h7-29,45H,1-6H3/t45-/m0/s1. The molecule has 0 aromatic heterocycles. The highest BCUT2D eigenvalue weighted by Crippen LogP contribution is 2.62. The molecule has 52 heavy (non-hydrogen) atoms. The molecule has 6 aromatic rings. The summed E-state index contributed by atoms with van der Waals surface area (Å²) in [5.74, 6) is 4.41. The van der Waals surface area contributed by atoms with Crippen LogP contribution in [0.5, 0.6) is 34.5 Å². The van der Waals surface area contributed by atoms with Gasteiger partial charge in [0.25, 0.3) is 0 Å². The van der Waals surface area contributed by atoms with Gasteiger partial charge in [-0.1, -0.05) is 66.7 Å². The lowest BCUT2D eigenvalue weighted by atomic mass is 9.52. The zero-order valence-corrected chi connectivity index (χ0v) is 30.3. The highest BCUT2D eigenvalue weighted by Gasteiger charge is 2.51. The van der Waals surface area contributed by atoms with Crippen molar-refractivity contribution in [3.63, 3.8) is 0 Å². The summed E-state index contributed by atoms with van der Waals surface area (Å²) >= 11 is 0. The van der Waals surface area contributed by atoms with Crippen molar-refractivity contribution in [2.45, 2.75) is 11.3 Å². The van der Waals surface area contributed by atoms with Crippen LogP contribution in [0.25, 0.3) is 11.1 Å². The van der Waals surface area contributed by atoms with Crippen molar-refractivity contribution in [3.05, 3.63) is 178 Å². The topological polar surface area (TPSA) is 55.4 Å². The predicted molar refractivity (Wildman–Crippen MR) is 207 cm³/mol. The lowest BCUT2D eigenvalue weighted by Crippen LogP contribution is -2.41. The SMILES string of the molecule is COc1ccc(C2=C(c3ccc(OC)cc3)[C@H](c3ccc(OC)cc3)C(c3ccc(OC)cc3)(c3ccc(OC)cc3)c3cc(OC)ccc32)cc1. The van der Waals surface area contributed by atoms with Crippen molar-refractivity contribution in [1.29, 1.82) is 0 Å². The fraction of sp³-hybridized carbons (Fsp3) is 0.174. The van der Waals surface area contributed by atoms with Gasteiger partial charge in [0.05, 0.1) is 48.1 Å². The summed E-state index contributed by atoms with van der Waals surface area (Å²) in [6, 6.07) is 48.6. The third-order valence-corrected chi connectivity index (χ3v) is 10.2. The number of allylic oxidation sites excluding steroid dienone is 1. The van der Waals surface area contributed by atoms with Crippen molar-refractivity contribution in [1.82, 2.24) is 0 Å². The van der Waals surface area contributed by atoms with Gasteiger partial charge in [0.1, 0.15) is 34.5 Å². The van der Waals surface area contributed by atoms with Crippen molar-refractivity contribution in [3.8, 4) is 34.5 Å². The predicted octanol–water partition coefficient (Wildman–Crippen LogP) is 9.83. The number of hydrogen-bond donors (Lipinski definition) is 0. The van der Waals surface area contributed by atoms with E-state index in [4.69, 9.17) is 28.4 Å². The van der Waals surface area contributed by atoms with Crippen LogP contribution in [0.3, 0.4) is 0 Å². The molecule has 0 bridgehead atoms. The van der Waals surface area contributed by atoms with Crippen LogP contribution in [-0.4, -0.2) is 42.7 Å². The Kier molecular flexibility index (Phi) is 9.64. The van der Waals surface area contributed by atoms with E-state index < -0.39 is 5.41 Å². The van der Waals surface area contributed by atoms with E-state index in [9.17, 15) is 0 Å². The summed E-state index contributed by atoms with van der Waals surface area (Å²) < 4.78 is 34.3. The summed E-state index contributed by atoms with van der Waals surface area (Å²) in [6.45, 7) is 0. The minimum atomic E-state index is -0.789. The molecule has 0 saturated carbocycles. The Morgan fingerprint density at radius 2 is 0.750 bits per heavy atom. The van der Waals surface area contributed by atoms with Crippen LogP contribution in [0.15, 0.2) is 140 Å². The van der Waals surface area contributed by atoms with Crippen molar-refractivity contribution in [2.75, 3.05) is 42.7 Å². The zero-order chi connectivity index (χ0) is 36.2. The van der Waals surface area contributed by atoms with Crippen LogP contribution in [0.1, 0.15) is 44.9 Å². The van der Waals surface area contributed by atoms with E-state index in [0.717, 1.165) is 84.6 Å². The molecule has 6 nitrogen and oxygen atoms in total. The Hall–Kier alpha value is -6.14. The highest BCUT2D eigenvalue weighted by molar-refractivity contribution is 6.05. The minimum Gasteiger partial charge on any atom is -0.497 e. The van der Waals surface area contributed by atoms with Gasteiger partial charge in [0.2, 0.25) is 0 Å². The molecule has 0 spiro atoms. The first-order valence-electron chi connectivity index (χ1n) is 17.1. The molecule has 1 atom stereocenters. The maximum absolute atomic E-state index is 5.99. The highest BCUT2D eigenvalue weighted by atomic mass is 16.5. The smallest absolute Gasteiger partial charge is 0.119 e.